The lowest BCUT2D eigenvalue weighted by molar-refractivity contribution is -0.131. The summed E-state index contributed by atoms with van der Waals surface area (Å²) < 4.78 is 3.69. The molecule has 4 N–H and O–H groups in total. The molecule has 0 spiro atoms. The van der Waals surface area contributed by atoms with Crippen LogP contribution in [0.5, 0.6) is 0 Å². The van der Waals surface area contributed by atoms with Crippen LogP contribution >= 0.6 is 76.6 Å². The molecule has 0 aliphatic heterocycles. The van der Waals surface area contributed by atoms with Crippen molar-refractivity contribution in [1.29, 1.82) is 5.41 Å². The van der Waals surface area contributed by atoms with Crippen LogP contribution in [0.25, 0.3) is 0 Å². The fourth-order valence-electron chi connectivity index (χ4n) is 0.200. The number of rotatable bonds is 2. The second-order valence-electron chi connectivity index (χ2n) is 1.66. The van der Waals surface area contributed by atoms with Crippen molar-refractivity contribution >= 4 is 88.6 Å². The molecule has 0 saturated heterocycles. The van der Waals surface area contributed by atoms with E-state index < -0.39 is 5.97 Å². The third kappa shape index (κ3) is 29.2. The Labute approximate surface area is 121 Å². The lowest BCUT2D eigenvalue weighted by atomic mass is 10.6. The van der Waals surface area contributed by atoms with E-state index in [4.69, 9.17) is 11.1 Å². The number of carbonyl (C=O) groups excluding carboxylic acids is 1. The van der Waals surface area contributed by atoms with Crippen molar-refractivity contribution < 1.29 is 8.98 Å². The number of carbonyl (C=O) groups is 1. The quantitative estimate of drug-likeness (QED) is 0.160. The highest BCUT2D eigenvalue weighted by Crippen LogP contribution is 2.39. The number of thiol groups is 1. The van der Waals surface area contributed by atoms with Gasteiger partial charge in [0.25, 0.3) is 0 Å². The number of hydrogen-bond donors (Lipinski definition) is 4. The average molecular weight is 481 g/mol. The van der Waals surface area contributed by atoms with E-state index in [0.717, 1.165) is 0 Å². The zero-order valence-electron chi connectivity index (χ0n) is 6.56. The fraction of sp³-hybridized carbons (Fsp3) is 0.500. The molecule has 0 aromatic carbocycles. The molecule has 0 aromatic heterocycles. The first-order valence-corrected chi connectivity index (χ1v) is 6.38. The minimum absolute atomic E-state index is 0.126. The Hall–Kier alpha value is 1.01. The van der Waals surface area contributed by atoms with Crippen LogP contribution in [-0.4, -0.2) is 19.5 Å². The van der Waals surface area contributed by atoms with Crippen molar-refractivity contribution in [2.75, 3.05) is 6.54 Å². The molecule has 0 aliphatic rings. The monoisotopic (exact) mass is 477 g/mol. The van der Waals surface area contributed by atoms with Crippen molar-refractivity contribution in [2.45, 2.75) is 1.05 Å². The van der Waals surface area contributed by atoms with Gasteiger partial charge in [-0.3, -0.25) is 5.41 Å². The van der Waals surface area contributed by atoms with Crippen molar-refractivity contribution in [2.24, 2.45) is 5.73 Å². The summed E-state index contributed by atoms with van der Waals surface area (Å²) in [6, 6.07) is 0. The topological polar surface area (TPSA) is 88.2 Å². The van der Waals surface area contributed by atoms with Gasteiger partial charge in [-0.15, -0.1) is 0 Å². The molecule has 0 rings (SSSR count). The van der Waals surface area contributed by atoms with Gasteiger partial charge in [-0.25, -0.2) is 4.79 Å². The first-order valence-electron chi connectivity index (χ1n) is 2.84. The van der Waals surface area contributed by atoms with Crippen LogP contribution in [0.3, 0.4) is 0 Å². The highest BCUT2D eigenvalue weighted by molar-refractivity contribution is 9.52. The minimum atomic E-state index is -0.575. The highest BCUT2D eigenvalue weighted by Gasteiger charge is 2.08. The Morgan fingerprint density at radius 1 is 1.50 bits per heavy atom. The van der Waals surface area contributed by atoms with Gasteiger partial charge in [0.2, 0.25) is 0 Å². The van der Waals surface area contributed by atoms with E-state index in [1.165, 1.54) is 0 Å². The van der Waals surface area contributed by atoms with Crippen LogP contribution in [0.4, 0.5) is 0 Å². The Morgan fingerprint density at radius 3 is 2.07 bits per heavy atom. The molecule has 0 amide bonds. The predicted octanol–water partition coefficient (Wildman–Crippen LogP) is 2.03. The van der Waals surface area contributed by atoms with E-state index in [1.807, 2.05) is 0 Å². The molecule has 0 heterocycles. The first kappa shape index (κ1) is 17.4. The van der Waals surface area contributed by atoms with Crippen molar-refractivity contribution in [3.8, 4) is 0 Å². The van der Waals surface area contributed by atoms with E-state index in [2.05, 4.69) is 86.1 Å². The van der Waals surface area contributed by atoms with Crippen LogP contribution < -0.4 is 11.1 Å². The first-order chi connectivity index (χ1) is 6.16. The summed E-state index contributed by atoms with van der Waals surface area (Å²) >= 11 is 15.7. The second kappa shape index (κ2) is 9.25. The molecule has 0 saturated carbocycles. The summed E-state index contributed by atoms with van der Waals surface area (Å²) in [6.45, 7) is -0.126. The molecule has 0 aromatic rings. The van der Waals surface area contributed by atoms with Gasteiger partial charge in [-0.05, 0) is 63.7 Å². The van der Waals surface area contributed by atoms with Crippen molar-refractivity contribution in [1.82, 2.24) is 5.32 Å². The van der Waals surface area contributed by atoms with Crippen LogP contribution in [0.15, 0.2) is 0 Å². The number of alkyl halides is 4. The molecular weight excluding hydrogens is 474 g/mol. The Bertz CT molecular complexity index is 192. The maximum Gasteiger partial charge on any atom is 0.337 e. The van der Waals surface area contributed by atoms with Crippen LogP contribution in [0.1, 0.15) is 0 Å². The van der Waals surface area contributed by atoms with Gasteiger partial charge in [-0.2, -0.15) is 0 Å². The van der Waals surface area contributed by atoms with E-state index in [-0.39, 0.29) is 13.6 Å². The van der Waals surface area contributed by atoms with Crippen LogP contribution in [0.2, 0.25) is 0 Å². The zero-order valence-corrected chi connectivity index (χ0v) is 13.8. The molecule has 0 unspecified atom stereocenters. The lowest BCUT2D eigenvalue weighted by Gasteiger charge is -1.98. The molecule has 5 nitrogen and oxygen atoms in total. The lowest BCUT2D eigenvalue weighted by Crippen LogP contribution is -2.34. The molecule has 0 bridgehead atoms. The largest absolute Gasteiger partial charge is 0.393 e. The fourth-order valence-corrected chi connectivity index (χ4v) is 0.264. The van der Waals surface area contributed by atoms with Gasteiger partial charge in [0.05, 0.1) is 0 Å². The smallest absolute Gasteiger partial charge is 0.337 e. The number of nitrogens with two attached hydrogens (primary N) is 1. The normalized spacial score (nSPS) is 9.50. The molecule has 0 aliphatic carbocycles. The minimum Gasteiger partial charge on any atom is -0.393 e. The predicted molar refractivity (Wildman–Crippen MR) is 73.4 cm³/mol. The Balaban J connectivity index is 0. The zero-order chi connectivity index (χ0) is 11.8. The van der Waals surface area contributed by atoms with E-state index in [9.17, 15) is 4.79 Å². The molecule has 14 heavy (non-hydrogen) atoms. The average Bonchev–Trinajstić information content (AvgIpc) is 1.96. The second-order valence-corrected chi connectivity index (χ2v) is 13.0. The van der Waals surface area contributed by atoms with E-state index in [0.29, 0.717) is 0 Å². The molecule has 10 heteroatoms. The number of hydrogen-bond acceptors (Lipinski definition) is 4. The van der Waals surface area contributed by atoms with Gasteiger partial charge >= 0.3 is 5.97 Å². The van der Waals surface area contributed by atoms with Gasteiger partial charge in [0, 0.05) is 12.9 Å². The summed E-state index contributed by atoms with van der Waals surface area (Å²) in [7, 11) is 0. The Morgan fingerprint density at radius 2 is 1.86 bits per heavy atom. The molecule has 0 fully saturated rings. The standard InChI is InChI=1S/C3H7N3O2S.CBr4/c4-3(5)6-1-2(7)8-9;2-1(3,4)5/h9H,1H2,(H4,4,5,6);. The van der Waals surface area contributed by atoms with Gasteiger partial charge in [0.15, 0.2) is 7.01 Å². The maximum atomic E-state index is 10.2. The van der Waals surface area contributed by atoms with Crippen molar-refractivity contribution in [3.63, 3.8) is 0 Å². The SMILES string of the molecule is BrC(Br)(Br)Br.N=C(N)NCC(=O)OS. The molecular formula is C4H7Br4N3O2S. The summed E-state index contributed by atoms with van der Waals surface area (Å²) in [6.07, 6.45) is 0. The molecule has 0 radical (unpaired) electrons. The Kier molecular flexibility index (Phi) is 11.5. The third-order valence-electron chi connectivity index (χ3n) is 0.525. The third-order valence-corrected chi connectivity index (χ3v) is 0.729. The van der Waals surface area contributed by atoms with E-state index >= 15 is 0 Å². The van der Waals surface area contributed by atoms with Crippen LogP contribution in [-0.2, 0) is 8.98 Å². The number of guanidine groups is 1. The van der Waals surface area contributed by atoms with Crippen molar-refractivity contribution in [3.05, 3.63) is 0 Å². The number of nitrogens with one attached hydrogen (secondary N) is 2. The number of halogens is 4. The maximum absolute atomic E-state index is 10.2. The summed E-state index contributed by atoms with van der Waals surface area (Å²) in [4.78, 5) is 10.2. The van der Waals surface area contributed by atoms with Gasteiger partial charge in [0.1, 0.15) is 6.54 Å². The summed E-state index contributed by atoms with van der Waals surface area (Å²) in [5.74, 6) is -0.845. The highest BCUT2D eigenvalue weighted by atomic mass is 80.0. The molecule has 0 atom stereocenters. The summed E-state index contributed by atoms with van der Waals surface area (Å²) in [5, 5.41) is 8.83. The van der Waals surface area contributed by atoms with Crippen LogP contribution in [0, 0.1) is 5.41 Å². The van der Waals surface area contributed by atoms with Gasteiger partial charge in [-0.1, -0.05) is 0 Å². The summed E-state index contributed by atoms with van der Waals surface area (Å²) in [5.41, 5.74) is 4.83. The van der Waals surface area contributed by atoms with Gasteiger partial charge < -0.3 is 15.2 Å². The molecule has 84 valence electrons. The van der Waals surface area contributed by atoms with E-state index in [1.54, 1.807) is 0 Å².